The summed E-state index contributed by atoms with van der Waals surface area (Å²) in [6.07, 6.45) is 1.56. The van der Waals surface area contributed by atoms with Gasteiger partial charge in [0.2, 0.25) is 11.8 Å². The molecule has 0 saturated carbocycles. The number of ether oxygens (including phenoxy) is 2. The van der Waals surface area contributed by atoms with E-state index < -0.39 is 0 Å². The monoisotopic (exact) mass is 608 g/mol. The van der Waals surface area contributed by atoms with Gasteiger partial charge in [0.1, 0.15) is 29.6 Å². The van der Waals surface area contributed by atoms with E-state index in [1.165, 1.54) is 11.8 Å². The Morgan fingerprint density at radius 2 is 1.82 bits per heavy atom. The Kier molecular flexibility index (Phi) is 8.42. The molecule has 3 heterocycles. The first kappa shape index (κ1) is 29.1. The van der Waals surface area contributed by atoms with Crippen molar-refractivity contribution in [2.45, 2.75) is 18.7 Å². The largest absolute Gasteiger partial charge is 0.497 e. The van der Waals surface area contributed by atoms with Crippen LogP contribution >= 0.6 is 11.8 Å². The van der Waals surface area contributed by atoms with Crippen LogP contribution in [0, 0.1) is 6.92 Å². The molecule has 1 aliphatic heterocycles. The van der Waals surface area contributed by atoms with E-state index in [0.717, 1.165) is 27.9 Å². The Morgan fingerprint density at radius 3 is 2.52 bits per heavy atom. The molecule has 0 aliphatic carbocycles. The highest BCUT2D eigenvalue weighted by Gasteiger charge is 2.38. The number of amides is 2. The van der Waals surface area contributed by atoms with Crippen LogP contribution in [0.3, 0.4) is 0 Å². The van der Waals surface area contributed by atoms with E-state index in [-0.39, 0.29) is 35.9 Å². The molecule has 2 aromatic heterocycles. The van der Waals surface area contributed by atoms with Gasteiger partial charge in [-0.3, -0.25) is 14.5 Å². The second-order valence-corrected chi connectivity index (χ2v) is 11.4. The molecule has 3 aromatic carbocycles. The summed E-state index contributed by atoms with van der Waals surface area (Å²) >= 11 is 1.47. The Balaban J connectivity index is 1.57. The fourth-order valence-corrected chi connectivity index (χ4v) is 6.50. The number of hydrogen-bond donors (Lipinski definition) is 1. The maximum absolute atomic E-state index is 14.0. The first-order valence-corrected chi connectivity index (χ1v) is 15.2. The number of fused-ring (bicyclic) bond motifs is 1. The zero-order valence-corrected chi connectivity index (χ0v) is 25.5. The van der Waals surface area contributed by atoms with Crippen LogP contribution in [0.25, 0.3) is 16.9 Å². The van der Waals surface area contributed by atoms with Crippen LogP contribution in [0.1, 0.15) is 27.7 Å². The zero-order chi connectivity index (χ0) is 30.6. The lowest BCUT2D eigenvalue weighted by Crippen LogP contribution is -2.42. The molecule has 1 N–H and O–H groups in total. The minimum Gasteiger partial charge on any atom is -0.497 e. The van der Waals surface area contributed by atoms with Crippen molar-refractivity contribution < 1.29 is 23.5 Å². The molecule has 9 nitrogen and oxygen atoms in total. The van der Waals surface area contributed by atoms with Gasteiger partial charge in [0.15, 0.2) is 0 Å². The number of aromatic nitrogens is 2. The lowest BCUT2D eigenvalue weighted by molar-refractivity contribution is -0.123. The number of aryl methyl sites for hydroxylation is 1. The molecule has 0 radical (unpaired) electrons. The molecule has 6 rings (SSSR count). The highest BCUT2D eigenvalue weighted by atomic mass is 32.2. The molecule has 1 atom stereocenters. The van der Waals surface area contributed by atoms with Crippen molar-refractivity contribution in [3.8, 4) is 28.4 Å². The van der Waals surface area contributed by atoms with Gasteiger partial charge in [-0.05, 0) is 49.4 Å². The van der Waals surface area contributed by atoms with Crippen molar-refractivity contribution in [3.63, 3.8) is 0 Å². The topological polar surface area (TPSA) is 98.8 Å². The van der Waals surface area contributed by atoms with Crippen molar-refractivity contribution in [1.29, 1.82) is 0 Å². The molecule has 44 heavy (non-hydrogen) atoms. The summed E-state index contributed by atoms with van der Waals surface area (Å²) in [4.78, 5) is 28.9. The van der Waals surface area contributed by atoms with E-state index in [1.54, 1.807) is 42.2 Å². The summed E-state index contributed by atoms with van der Waals surface area (Å²) in [5.74, 6) is 2.09. The summed E-state index contributed by atoms with van der Waals surface area (Å²) in [5, 5.41) is 7.66. The number of benzene rings is 3. The number of thioether (sulfide) groups is 1. The predicted molar refractivity (Wildman–Crippen MR) is 170 cm³/mol. The second kappa shape index (κ2) is 12.7. The van der Waals surface area contributed by atoms with E-state index in [9.17, 15) is 9.59 Å². The molecule has 10 heteroatoms. The van der Waals surface area contributed by atoms with Gasteiger partial charge in [0.25, 0.3) is 0 Å². The SMILES string of the molecule is COc1ccc(OC)c([C@@H]2SCC(=O)N(CC(=O)NCc3ccco3)c3c2c(-c2ccccc2)nn3-c2ccc(C)cc2)c1. The normalized spacial score (nSPS) is 14.6. The predicted octanol–water partition coefficient (Wildman–Crippen LogP) is 5.94. The molecular weight excluding hydrogens is 576 g/mol. The van der Waals surface area contributed by atoms with Gasteiger partial charge in [-0.1, -0.05) is 48.0 Å². The number of furan rings is 1. The Labute approximate surface area is 259 Å². The fraction of sp³-hybridized carbons (Fsp3) is 0.206. The average Bonchev–Trinajstić information content (AvgIpc) is 3.69. The molecule has 5 aromatic rings. The summed E-state index contributed by atoms with van der Waals surface area (Å²) in [7, 11) is 3.25. The first-order chi connectivity index (χ1) is 21.5. The molecule has 0 bridgehead atoms. The highest BCUT2D eigenvalue weighted by molar-refractivity contribution is 8.00. The number of methoxy groups -OCH3 is 2. The van der Waals surface area contributed by atoms with Crippen LogP contribution in [0.5, 0.6) is 11.5 Å². The quantitative estimate of drug-likeness (QED) is 0.221. The van der Waals surface area contributed by atoms with Gasteiger partial charge in [0, 0.05) is 16.7 Å². The fourth-order valence-electron chi connectivity index (χ4n) is 5.28. The molecule has 0 unspecified atom stereocenters. The number of nitrogens with zero attached hydrogens (tertiary/aromatic N) is 3. The van der Waals surface area contributed by atoms with Crippen molar-refractivity contribution in [1.82, 2.24) is 15.1 Å². The van der Waals surface area contributed by atoms with Crippen molar-refractivity contribution >= 4 is 29.4 Å². The van der Waals surface area contributed by atoms with Crippen LogP contribution in [0.15, 0.2) is 95.6 Å². The standard InChI is InChI=1S/C34H32N4O5S/c1-22-11-13-24(14-12-22)38-34-31(32(36-38)23-8-5-4-6-9-23)33(27-18-25(41-2)15-16-28(27)42-3)44-21-30(40)37(34)20-29(39)35-19-26-10-7-17-43-26/h4-18,33H,19-21H2,1-3H3,(H,35,39)/t33-/m0/s1. The van der Waals surface area contributed by atoms with Crippen LogP contribution in [0.4, 0.5) is 5.82 Å². The lowest BCUT2D eigenvalue weighted by atomic mass is 9.98. The summed E-state index contributed by atoms with van der Waals surface area (Å²) in [6.45, 7) is 2.04. The van der Waals surface area contributed by atoms with Gasteiger partial charge in [0.05, 0.1) is 49.4 Å². The summed E-state index contributed by atoms with van der Waals surface area (Å²) < 4.78 is 18.6. The number of carbonyl (C=O) groups excluding carboxylic acids is 2. The second-order valence-electron chi connectivity index (χ2n) is 10.3. The third kappa shape index (κ3) is 5.80. The van der Waals surface area contributed by atoms with E-state index in [1.807, 2.05) is 79.7 Å². The Hall–Kier alpha value is -4.96. The minimum absolute atomic E-state index is 0.132. The molecule has 0 saturated heterocycles. The van der Waals surface area contributed by atoms with E-state index in [2.05, 4.69) is 5.32 Å². The van der Waals surface area contributed by atoms with Crippen LogP contribution in [-0.2, 0) is 16.1 Å². The third-order valence-corrected chi connectivity index (χ3v) is 8.71. The molecule has 0 fully saturated rings. The molecule has 0 spiro atoms. The third-order valence-electron chi connectivity index (χ3n) is 7.48. The number of hydrogen-bond acceptors (Lipinski definition) is 7. The Morgan fingerprint density at radius 1 is 1.02 bits per heavy atom. The first-order valence-electron chi connectivity index (χ1n) is 14.1. The van der Waals surface area contributed by atoms with Gasteiger partial charge < -0.3 is 19.2 Å². The number of carbonyl (C=O) groups is 2. The number of rotatable bonds is 9. The van der Waals surface area contributed by atoms with Crippen LogP contribution in [-0.4, -0.2) is 48.1 Å². The van der Waals surface area contributed by atoms with Gasteiger partial charge in [-0.25, -0.2) is 4.68 Å². The van der Waals surface area contributed by atoms with Gasteiger partial charge in [-0.15, -0.1) is 11.8 Å². The zero-order valence-electron chi connectivity index (χ0n) is 24.7. The van der Waals surface area contributed by atoms with Crippen molar-refractivity contribution in [2.24, 2.45) is 0 Å². The molecular formula is C34H32N4O5S. The van der Waals surface area contributed by atoms with Gasteiger partial charge in [-0.2, -0.15) is 5.10 Å². The highest BCUT2D eigenvalue weighted by Crippen LogP contribution is 2.51. The van der Waals surface area contributed by atoms with E-state index >= 15 is 0 Å². The van der Waals surface area contributed by atoms with E-state index in [0.29, 0.717) is 28.8 Å². The molecule has 224 valence electrons. The Bertz CT molecular complexity index is 1770. The number of anilines is 1. The lowest BCUT2D eigenvalue weighted by Gasteiger charge is -2.23. The smallest absolute Gasteiger partial charge is 0.240 e. The maximum atomic E-state index is 14.0. The molecule has 2 amide bonds. The minimum atomic E-state index is -0.371. The molecule has 1 aliphatic rings. The van der Waals surface area contributed by atoms with Crippen molar-refractivity contribution in [2.75, 3.05) is 31.4 Å². The van der Waals surface area contributed by atoms with Crippen LogP contribution in [0.2, 0.25) is 0 Å². The summed E-state index contributed by atoms with van der Waals surface area (Å²) in [6, 6.07) is 27.0. The average molecular weight is 609 g/mol. The van der Waals surface area contributed by atoms with Gasteiger partial charge >= 0.3 is 0 Å². The maximum Gasteiger partial charge on any atom is 0.240 e. The summed E-state index contributed by atoms with van der Waals surface area (Å²) in [5.41, 5.74) is 5.10. The van der Waals surface area contributed by atoms with E-state index in [4.69, 9.17) is 19.0 Å². The number of nitrogens with one attached hydrogen (secondary N) is 1. The van der Waals surface area contributed by atoms with Crippen LogP contribution < -0.4 is 19.7 Å². The van der Waals surface area contributed by atoms with Crippen molar-refractivity contribution in [3.05, 3.63) is 114 Å².